The first-order chi connectivity index (χ1) is 29.7. The lowest BCUT2D eigenvalue weighted by atomic mass is 9.97. The van der Waals surface area contributed by atoms with Crippen molar-refractivity contribution < 1.29 is 4.42 Å². The average molecular weight is 766 g/mol. The number of fused-ring (bicyclic) bond motifs is 8. The van der Waals surface area contributed by atoms with Crippen LogP contribution >= 0.6 is 0 Å². The first-order valence-corrected chi connectivity index (χ1v) is 20.4. The summed E-state index contributed by atoms with van der Waals surface area (Å²) in [7, 11) is 0. The first kappa shape index (κ1) is 35.2. The molecule has 0 unspecified atom stereocenters. The highest BCUT2D eigenvalue weighted by atomic mass is 16.3. The number of nitrogens with zero attached hydrogens (tertiary/aromatic N) is 1. The van der Waals surface area contributed by atoms with Crippen LogP contribution in [-0.4, -0.2) is 0 Å². The highest BCUT2D eigenvalue weighted by molar-refractivity contribution is 6.17. The van der Waals surface area contributed by atoms with E-state index in [1.54, 1.807) is 0 Å². The second kappa shape index (κ2) is 14.8. The van der Waals surface area contributed by atoms with Crippen molar-refractivity contribution in [2.24, 2.45) is 0 Å². The lowest BCUT2D eigenvalue weighted by molar-refractivity contribution is 0.674. The lowest BCUT2D eigenvalue weighted by Gasteiger charge is -2.28. The number of anilines is 3. The molecule has 60 heavy (non-hydrogen) atoms. The molecular formula is C58H39NO. The Morgan fingerprint density at radius 1 is 0.400 bits per heavy atom. The first-order valence-electron chi connectivity index (χ1n) is 20.4. The molecular weight excluding hydrogens is 727 g/mol. The molecule has 1 heterocycles. The third-order valence-electron chi connectivity index (χ3n) is 11.8. The summed E-state index contributed by atoms with van der Waals surface area (Å²) in [6.45, 7) is 3.92. The quantitative estimate of drug-likeness (QED) is 0.150. The average Bonchev–Trinajstić information content (AvgIpc) is 3.70. The minimum Gasteiger partial charge on any atom is -0.455 e. The molecule has 0 saturated carbocycles. The van der Waals surface area contributed by atoms with Gasteiger partial charge in [0.2, 0.25) is 0 Å². The molecule has 1 aromatic heterocycles. The Morgan fingerprint density at radius 2 is 0.967 bits per heavy atom. The molecule has 11 aromatic rings. The zero-order valence-corrected chi connectivity index (χ0v) is 32.9. The van der Waals surface area contributed by atoms with E-state index in [2.05, 4.69) is 224 Å². The number of hydrogen-bond donors (Lipinski definition) is 0. The molecule has 0 bridgehead atoms. The van der Waals surface area contributed by atoms with Gasteiger partial charge in [0, 0.05) is 38.7 Å². The predicted octanol–water partition coefficient (Wildman–Crippen LogP) is 14.6. The number of hydrogen-bond acceptors (Lipinski definition) is 2. The second-order valence-corrected chi connectivity index (χ2v) is 15.3. The second-order valence-electron chi connectivity index (χ2n) is 15.3. The van der Waals surface area contributed by atoms with Crippen molar-refractivity contribution >= 4 is 83.5 Å². The van der Waals surface area contributed by atoms with E-state index in [-0.39, 0.29) is 0 Å². The maximum absolute atomic E-state index is 6.88. The topological polar surface area (TPSA) is 16.4 Å². The summed E-state index contributed by atoms with van der Waals surface area (Å²) in [6, 6.07) is 74.1. The Kier molecular flexibility index (Phi) is 8.68. The van der Waals surface area contributed by atoms with E-state index >= 15 is 0 Å². The molecule has 0 fully saturated rings. The number of benzene rings is 10. The highest BCUT2D eigenvalue weighted by Gasteiger charge is 2.21. The molecule has 0 N–H and O–H groups in total. The molecule has 0 aliphatic carbocycles. The molecule has 0 aliphatic rings. The van der Waals surface area contributed by atoms with Crippen molar-refractivity contribution in [2.45, 2.75) is 0 Å². The van der Waals surface area contributed by atoms with Gasteiger partial charge in [0.05, 0.1) is 5.69 Å². The maximum atomic E-state index is 6.88. The molecule has 10 aromatic carbocycles. The van der Waals surface area contributed by atoms with Crippen LogP contribution in [0.1, 0.15) is 5.56 Å². The summed E-state index contributed by atoms with van der Waals surface area (Å²) in [5, 5.41) is 11.8. The summed E-state index contributed by atoms with van der Waals surface area (Å²) in [6.07, 6.45) is 6.12. The fourth-order valence-corrected chi connectivity index (χ4v) is 8.88. The minimum atomic E-state index is 0.885. The normalized spacial score (nSPS) is 12.3. The van der Waals surface area contributed by atoms with Crippen LogP contribution in [0.2, 0.25) is 0 Å². The van der Waals surface area contributed by atoms with Crippen LogP contribution in [0.4, 0.5) is 17.1 Å². The summed E-state index contributed by atoms with van der Waals surface area (Å²) >= 11 is 0. The van der Waals surface area contributed by atoms with Crippen molar-refractivity contribution in [1.29, 1.82) is 0 Å². The minimum absolute atomic E-state index is 0.885. The molecule has 11 rings (SSSR count). The van der Waals surface area contributed by atoms with E-state index in [1.807, 2.05) is 12.2 Å². The largest absolute Gasteiger partial charge is 0.455 e. The standard InChI is InChI=1S/C58H39NO/c1-2-12-40-13-3-4-16-44(40)37-39-23-31-47(32-24-39)59(48-33-27-41(28-34-48)45-30-35-50-46(38-45)26-25-42-14-5-7-17-49(42)50)56-22-10-9-19-52(56)53-20-11-21-54-55-36-29-43-15-6-8-18-51(43)57(55)60-58(53)54/h2-38H,1H2/b40-12-,44-37+. The summed E-state index contributed by atoms with van der Waals surface area (Å²) < 4.78 is 6.88. The van der Waals surface area contributed by atoms with Crippen molar-refractivity contribution in [2.75, 3.05) is 4.90 Å². The van der Waals surface area contributed by atoms with Gasteiger partial charge in [-0.2, -0.15) is 0 Å². The number of allylic oxidation sites excluding steroid dienone is 1. The van der Waals surface area contributed by atoms with Gasteiger partial charge in [-0.05, 0) is 103 Å². The van der Waals surface area contributed by atoms with Crippen LogP contribution in [-0.2, 0) is 0 Å². The van der Waals surface area contributed by atoms with Gasteiger partial charge in [0.1, 0.15) is 11.2 Å². The fourth-order valence-electron chi connectivity index (χ4n) is 8.88. The SMILES string of the molecule is C=C/C=c1/cccc/c1=C\c1ccc(N(c2ccc(-c3ccc4c(ccc5ccccc54)c3)cc2)c2ccccc2-c2cccc3c2oc2c4ccccc4ccc32)cc1. The van der Waals surface area contributed by atoms with E-state index < -0.39 is 0 Å². The van der Waals surface area contributed by atoms with Crippen LogP contribution < -0.4 is 15.3 Å². The molecule has 2 nitrogen and oxygen atoms in total. The van der Waals surface area contributed by atoms with Crippen LogP contribution in [0.15, 0.2) is 223 Å². The molecule has 0 atom stereocenters. The maximum Gasteiger partial charge on any atom is 0.143 e. The van der Waals surface area contributed by atoms with Gasteiger partial charge in [-0.1, -0.05) is 183 Å². The molecule has 2 heteroatoms. The summed E-state index contributed by atoms with van der Waals surface area (Å²) in [4.78, 5) is 2.37. The van der Waals surface area contributed by atoms with Gasteiger partial charge in [-0.25, -0.2) is 0 Å². The lowest BCUT2D eigenvalue weighted by Crippen LogP contribution is -2.23. The van der Waals surface area contributed by atoms with Crippen molar-refractivity contribution in [1.82, 2.24) is 0 Å². The Morgan fingerprint density at radius 3 is 1.78 bits per heavy atom. The highest BCUT2D eigenvalue weighted by Crippen LogP contribution is 2.45. The number of rotatable bonds is 7. The Labute approximate surface area is 348 Å². The van der Waals surface area contributed by atoms with E-state index in [1.165, 1.54) is 38.1 Å². The van der Waals surface area contributed by atoms with Gasteiger partial charge < -0.3 is 9.32 Å². The fraction of sp³-hybridized carbons (Fsp3) is 0. The van der Waals surface area contributed by atoms with E-state index in [4.69, 9.17) is 4.42 Å². The van der Waals surface area contributed by atoms with Crippen LogP contribution in [0.3, 0.4) is 0 Å². The van der Waals surface area contributed by atoms with E-state index in [9.17, 15) is 0 Å². The zero-order valence-electron chi connectivity index (χ0n) is 32.9. The smallest absolute Gasteiger partial charge is 0.143 e. The Balaban J connectivity index is 1.06. The Bertz CT molecular complexity index is 3560. The predicted molar refractivity (Wildman–Crippen MR) is 256 cm³/mol. The van der Waals surface area contributed by atoms with E-state index in [0.717, 1.165) is 71.5 Å². The Hall–Kier alpha value is -7.94. The number of furan rings is 1. The van der Waals surface area contributed by atoms with Crippen LogP contribution in [0.25, 0.3) is 88.7 Å². The van der Waals surface area contributed by atoms with Gasteiger partial charge in [0.25, 0.3) is 0 Å². The van der Waals surface area contributed by atoms with Gasteiger partial charge in [0.15, 0.2) is 0 Å². The van der Waals surface area contributed by atoms with Crippen molar-refractivity contribution in [3.63, 3.8) is 0 Å². The van der Waals surface area contributed by atoms with Gasteiger partial charge in [-0.3, -0.25) is 0 Å². The van der Waals surface area contributed by atoms with Gasteiger partial charge >= 0.3 is 0 Å². The molecule has 0 radical (unpaired) electrons. The zero-order chi connectivity index (χ0) is 40.0. The third kappa shape index (κ3) is 6.14. The molecule has 0 spiro atoms. The van der Waals surface area contributed by atoms with Crippen LogP contribution in [0, 0.1) is 0 Å². The summed E-state index contributed by atoms with van der Waals surface area (Å²) in [5.41, 5.74) is 10.6. The molecule has 0 aliphatic heterocycles. The third-order valence-corrected chi connectivity index (χ3v) is 11.8. The molecule has 0 saturated heterocycles. The number of para-hydroxylation sites is 2. The van der Waals surface area contributed by atoms with E-state index in [0.29, 0.717) is 0 Å². The molecule has 0 amide bonds. The van der Waals surface area contributed by atoms with Gasteiger partial charge in [-0.15, -0.1) is 0 Å². The summed E-state index contributed by atoms with van der Waals surface area (Å²) in [5.74, 6) is 0. The van der Waals surface area contributed by atoms with Crippen molar-refractivity contribution in [3.8, 4) is 22.3 Å². The van der Waals surface area contributed by atoms with Crippen LogP contribution in [0.5, 0.6) is 0 Å². The molecule has 282 valence electrons. The van der Waals surface area contributed by atoms with Crippen molar-refractivity contribution in [3.05, 3.63) is 235 Å². The monoisotopic (exact) mass is 765 g/mol.